The zero-order valence-electron chi connectivity index (χ0n) is 24.7. The van der Waals surface area contributed by atoms with Crippen molar-refractivity contribution in [1.29, 1.82) is 0 Å². The van der Waals surface area contributed by atoms with Crippen molar-refractivity contribution < 1.29 is 28.3 Å². The Kier molecular flexibility index (Phi) is 9.42. The molecule has 0 aromatic heterocycles. The number of nitrogens with two attached hydrogens (primary N) is 1. The number of benzene rings is 3. The number of amides is 5. The first-order valence-corrected chi connectivity index (χ1v) is 13.6. The van der Waals surface area contributed by atoms with Gasteiger partial charge in [0.25, 0.3) is 11.8 Å². The lowest BCUT2D eigenvalue weighted by molar-refractivity contribution is -0.139. The van der Waals surface area contributed by atoms with Crippen molar-refractivity contribution in [2.24, 2.45) is 5.73 Å². The van der Waals surface area contributed by atoms with E-state index >= 15 is 4.39 Å². The maximum atomic E-state index is 15.3. The Hall–Kier alpha value is -4.81. The summed E-state index contributed by atoms with van der Waals surface area (Å²) in [6.07, 6.45) is 0.142. The molecule has 1 atom stereocenters. The van der Waals surface area contributed by atoms with Crippen molar-refractivity contribution in [3.8, 4) is 28.0 Å². The van der Waals surface area contributed by atoms with Gasteiger partial charge in [0.1, 0.15) is 11.6 Å². The van der Waals surface area contributed by atoms with Crippen molar-refractivity contribution >= 4 is 29.4 Å². The van der Waals surface area contributed by atoms with Crippen LogP contribution in [-0.2, 0) is 20.9 Å². The number of halogens is 1. The smallest absolute Gasteiger partial charge is 0.340 e. The first kappa shape index (κ1) is 31.1. The minimum atomic E-state index is -1.27. The van der Waals surface area contributed by atoms with Crippen LogP contribution in [0.2, 0.25) is 0 Å². The van der Waals surface area contributed by atoms with Gasteiger partial charge in [0.2, 0.25) is 5.91 Å². The average molecular weight is 591 g/mol. The topological polar surface area (TPSA) is 146 Å². The lowest BCUT2D eigenvalue weighted by Crippen LogP contribution is -2.66. The molecule has 1 aliphatic rings. The van der Waals surface area contributed by atoms with Crippen molar-refractivity contribution in [3.63, 3.8) is 0 Å². The number of nitrogens with zero attached hydrogens (tertiary/aromatic N) is 2. The minimum absolute atomic E-state index is 0.142. The van der Waals surface area contributed by atoms with E-state index in [1.165, 1.54) is 27.3 Å². The number of likely N-dealkylation sites (N-methyl/N-ethyl adjacent to an activating group) is 1. The number of hydrazine groups is 1. The Morgan fingerprint density at radius 3 is 2.35 bits per heavy atom. The molecule has 226 valence electrons. The Balaban J connectivity index is 1.62. The number of ether oxygens (including phenoxy) is 1. The van der Waals surface area contributed by atoms with Crippen molar-refractivity contribution in [2.45, 2.75) is 32.9 Å². The lowest BCUT2D eigenvalue weighted by Gasteiger charge is -2.34. The highest BCUT2D eigenvalue weighted by Gasteiger charge is 2.39. The molecule has 0 bridgehead atoms. The third kappa shape index (κ3) is 6.50. The van der Waals surface area contributed by atoms with Crippen LogP contribution in [0.1, 0.15) is 23.1 Å². The molecule has 12 heteroatoms. The number of urea groups is 1. The first-order chi connectivity index (χ1) is 20.4. The summed E-state index contributed by atoms with van der Waals surface area (Å²) in [5.41, 5.74) is 13.4. The van der Waals surface area contributed by atoms with Crippen LogP contribution in [0.15, 0.2) is 48.5 Å². The predicted molar refractivity (Wildman–Crippen MR) is 160 cm³/mol. The van der Waals surface area contributed by atoms with Crippen LogP contribution >= 0.6 is 0 Å². The minimum Gasteiger partial charge on any atom is -0.496 e. The van der Waals surface area contributed by atoms with E-state index < -0.39 is 35.6 Å². The largest absolute Gasteiger partial charge is 0.496 e. The molecule has 5 N–H and O–H groups in total. The van der Waals surface area contributed by atoms with Crippen LogP contribution in [0, 0.1) is 19.7 Å². The zero-order chi connectivity index (χ0) is 31.4. The normalized spacial score (nSPS) is 15.1. The summed E-state index contributed by atoms with van der Waals surface area (Å²) >= 11 is 0. The summed E-state index contributed by atoms with van der Waals surface area (Å²) in [5.74, 6) is -1.78. The van der Waals surface area contributed by atoms with Gasteiger partial charge in [0.05, 0.1) is 7.11 Å². The summed E-state index contributed by atoms with van der Waals surface area (Å²) in [6.45, 7) is 4.29. The van der Waals surface area contributed by atoms with Crippen LogP contribution in [-0.4, -0.2) is 67.5 Å². The molecule has 1 unspecified atom stereocenters. The van der Waals surface area contributed by atoms with E-state index in [-0.39, 0.29) is 13.0 Å². The fraction of sp³-hybridized carbons (Fsp3) is 0.290. The molecule has 0 aliphatic carbocycles. The van der Waals surface area contributed by atoms with Crippen LogP contribution in [0.25, 0.3) is 22.3 Å². The fourth-order valence-electron chi connectivity index (χ4n) is 5.04. The molecule has 4 rings (SSSR count). The first-order valence-electron chi connectivity index (χ1n) is 13.6. The van der Waals surface area contributed by atoms with Gasteiger partial charge in [-0.05, 0) is 65.4 Å². The summed E-state index contributed by atoms with van der Waals surface area (Å²) in [5, 5.41) is 6.92. The molecule has 43 heavy (non-hydrogen) atoms. The van der Waals surface area contributed by atoms with Crippen LogP contribution in [0.4, 0.5) is 14.9 Å². The number of nitrogens with one attached hydrogen (secondary N) is 3. The second-order valence-electron chi connectivity index (χ2n) is 10.3. The highest BCUT2D eigenvalue weighted by atomic mass is 19.1. The van der Waals surface area contributed by atoms with E-state index in [1.807, 2.05) is 38.1 Å². The van der Waals surface area contributed by atoms with E-state index in [9.17, 15) is 19.2 Å². The monoisotopic (exact) mass is 590 g/mol. The molecular weight excluding hydrogens is 555 g/mol. The van der Waals surface area contributed by atoms with Gasteiger partial charge in [-0.25, -0.2) is 14.6 Å². The Morgan fingerprint density at radius 2 is 1.67 bits per heavy atom. The third-order valence-electron chi connectivity index (χ3n) is 7.49. The molecule has 11 nitrogen and oxygen atoms in total. The van der Waals surface area contributed by atoms with E-state index in [0.717, 1.165) is 37.7 Å². The number of anilines is 1. The second kappa shape index (κ2) is 13.0. The van der Waals surface area contributed by atoms with Crippen LogP contribution in [0.3, 0.4) is 0 Å². The van der Waals surface area contributed by atoms with E-state index in [4.69, 9.17) is 10.5 Å². The lowest BCUT2D eigenvalue weighted by atomic mass is 9.90. The Labute approximate surface area is 249 Å². The fourth-order valence-corrected chi connectivity index (χ4v) is 5.04. The van der Waals surface area contributed by atoms with Gasteiger partial charge >= 0.3 is 6.03 Å². The van der Waals surface area contributed by atoms with Gasteiger partial charge in [-0.1, -0.05) is 30.3 Å². The number of carbonyl (C=O) groups is 4. The number of hydrogen-bond donors (Lipinski definition) is 4. The third-order valence-corrected chi connectivity index (χ3v) is 7.49. The van der Waals surface area contributed by atoms with Gasteiger partial charge in [-0.15, -0.1) is 0 Å². The standard InChI is InChI=1S/C31H35FN6O5/c1-17-20(19-14-24(32)23(26(15-19)43-5)16-34-13-12-27(33)39)8-6-9-21(17)22-10-7-11-25(18(22)2)35-29(40)28-30(41)37(3)31(42)38(4)36-28/h6-11,14-15,28,34,36H,12-13,16H2,1-5H3,(H2,33,39)(H,35,40). The SMILES string of the molecule is COc1cc(-c2cccc(-c3cccc(NC(=O)C4NN(C)C(=O)N(C)C4=O)c3C)c2C)cc(F)c1CNCCC(N)=O. The van der Waals surface area contributed by atoms with E-state index in [1.54, 1.807) is 18.2 Å². The molecule has 0 radical (unpaired) electrons. The maximum absolute atomic E-state index is 15.3. The number of carbonyl (C=O) groups excluding carboxylic acids is 4. The average Bonchev–Trinajstić information content (AvgIpc) is 2.97. The summed E-state index contributed by atoms with van der Waals surface area (Å²) in [4.78, 5) is 49.6. The molecule has 5 amide bonds. The molecule has 0 saturated carbocycles. The van der Waals surface area contributed by atoms with Crippen molar-refractivity contribution in [2.75, 3.05) is 33.1 Å². The number of methoxy groups -OCH3 is 1. The van der Waals surface area contributed by atoms with Gasteiger partial charge < -0.3 is 21.1 Å². The summed E-state index contributed by atoms with van der Waals surface area (Å²) in [6, 6.07) is 12.6. The number of rotatable bonds is 10. The van der Waals surface area contributed by atoms with Gasteiger partial charge in [-0.3, -0.25) is 24.3 Å². The molecular formula is C31H35FN6O5. The molecule has 3 aromatic rings. The number of imide groups is 1. The predicted octanol–water partition coefficient (Wildman–Crippen LogP) is 3.09. The highest BCUT2D eigenvalue weighted by molar-refractivity contribution is 6.15. The molecule has 1 fully saturated rings. The van der Waals surface area contributed by atoms with Gasteiger partial charge in [0.15, 0.2) is 6.04 Å². The van der Waals surface area contributed by atoms with Crippen molar-refractivity contribution in [3.05, 3.63) is 71.0 Å². The second-order valence-corrected chi connectivity index (χ2v) is 10.3. The van der Waals surface area contributed by atoms with E-state index in [0.29, 0.717) is 29.1 Å². The summed E-state index contributed by atoms with van der Waals surface area (Å²) < 4.78 is 20.8. The zero-order valence-corrected chi connectivity index (χ0v) is 24.7. The van der Waals surface area contributed by atoms with Gasteiger partial charge in [0, 0.05) is 44.9 Å². The molecule has 3 aromatic carbocycles. The molecule has 1 aliphatic heterocycles. The molecule has 1 saturated heterocycles. The van der Waals surface area contributed by atoms with E-state index in [2.05, 4.69) is 16.1 Å². The Morgan fingerprint density at radius 1 is 1.02 bits per heavy atom. The van der Waals surface area contributed by atoms with Gasteiger partial charge in [-0.2, -0.15) is 0 Å². The van der Waals surface area contributed by atoms with Crippen LogP contribution < -0.4 is 26.5 Å². The Bertz CT molecular complexity index is 1590. The summed E-state index contributed by atoms with van der Waals surface area (Å²) in [7, 11) is 4.23. The van der Waals surface area contributed by atoms with Crippen LogP contribution in [0.5, 0.6) is 5.75 Å². The maximum Gasteiger partial charge on any atom is 0.340 e. The van der Waals surface area contributed by atoms with Crippen molar-refractivity contribution in [1.82, 2.24) is 20.7 Å². The molecule has 1 heterocycles. The highest BCUT2D eigenvalue weighted by Crippen LogP contribution is 2.37. The number of primary amides is 1. The number of hydrogen-bond acceptors (Lipinski definition) is 7. The quantitative estimate of drug-likeness (QED) is 0.210. The molecule has 0 spiro atoms.